The van der Waals surface area contributed by atoms with Gasteiger partial charge in [0.25, 0.3) is 5.56 Å². The van der Waals surface area contributed by atoms with Gasteiger partial charge in [0.15, 0.2) is 4.96 Å². The van der Waals surface area contributed by atoms with Gasteiger partial charge in [-0.05, 0) is 18.6 Å². The molecule has 1 N–H and O–H groups in total. The average Bonchev–Trinajstić information content (AvgIpc) is 3.27. The number of aryl methyl sites for hydroxylation is 1. The van der Waals surface area contributed by atoms with Crippen LogP contribution in [0.2, 0.25) is 0 Å². The number of nitrogens with one attached hydrogen (secondary N) is 1. The number of hydrogen-bond donors (Lipinski definition) is 1. The van der Waals surface area contributed by atoms with E-state index in [1.165, 1.54) is 33.6 Å². The van der Waals surface area contributed by atoms with E-state index in [0.717, 1.165) is 16.9 Å². The van der Waals surface area contributed by atoms with Gasteiger partial charge >= 0.3 is 0 Å². The number of amides is 1. The van der Waals surface area contributed by atoms with Crippen molar-refractivity contribution in [3.05, 3.63) is 69.5 Å². The van der Waals surface area contributed by atoms with E-state index in [1.807, 2.05) is 41.2 Å². The van der Waals surface area contributed by atoms with Gasteiger partial charge in [0.05, 0.1) is 23.7 Å². The number of thiazole rings is 1. The Morgan fingerprint density at radius 1 is 1.30 bits per heavy atom. The number of aromatic nitrogens is 4. The molecule has 0 bridgehead atoms. The number of hydrogen-bond acceptors (Lipinski definition) is 6. The molecule has 0 aliphatic heterocycles. The number of rotatable bonds is 6. The van der Waals surface area contributed by atoms with Crippen LogP contribution >= 0.6 is 23.1 Å². The fourth-order valence-corrected chi connectivity index (χ4v) is 4.23. The molecule has 0 fully saturated rings. The molecule has 0 radical (unpaired) electrons. The molecule has 9 heteroatoms. The molecular weight excluding hydrogens is 382 g/mol. The van der Waals surface area contributed by atoms with Crippen molar-refractivity contribution in [3.63, 3.8) is 0 Å². The smallest absolute Gasteiger partial charge is 0.258 e. The standard InChI is InChI=1S/C18H17N5O2S2/c1-12-3-2-4-22-9-14(20-17(12)22)8-19-15(24)11-26-10-13-7-16(25)23-5-6-27-18(23)21-13/h2-7,9H,8,10-11H2,1H3,(H,19,24). The number of thioether (sulfide) groups is 1. The van der Waals surface area contributed by atoms with E-state index in [9.17, 15) is 9.59 Å². The summed E-state index contributed by atoms with van der Waals surface area (Å²) in [7, 11) is 0. The molecule has 0 aliphatic carbocycles. The zero-order valence-electron chi connectivity index (χ0n) is 14.6. The van der Waals surface area contributed by atoms with Gasteiger partial charge in [-0.1, -0.05) is 6.07 Å². The summed E-state index contributed by atoms with van der Waals surface area (Å²) in [5, 5.41) is 4.71. The maximum atomic E-state index is 12.1. The van der Waals surface area contributed by atoms with Gasteiger partial charge in [-0.2, -0.15) is 0 Å². The highest BCUT2D eigenvalue weighted by molar-refractivity contribution is 7.99. The zero-order valence-corrected chi connectivity index (χ0v) is 16.2. The van der Waals surface area contributed by atoms with Crippen LogP contribution in [0.25, 0.3) is 10.6 Å². The van der Waals surface area contributed by atoms with Crippen LogP contribution in [-0.4, -0.2) is 30.4 Å². The van der Waals surface area contributed by atoms with Crippen molar-refractivity contribution in [1.82, 2.24) is 24.1 Å². The SMILES string of the molecule is Cc1cccn2cc(CNC(=O)CSCc3cc(=O)n4ccsc4n3)nc12. The summed E-state index contributed by atoms with van der Waals surface area (Å²) >= 11 is 2.85. The summed E-state index contributed by atoms with van der Waals surface area (Å²) in [5.74, 6) is 0.755. The molecule has 27 heavy (non-hydrogen) atoms. The Balaban J connectivity index is 1.30. The van der Waals surface area contributed by atoms with Crippen LogP contribution in [0.1, 0.15) is 17.0 Å². The molecule has 138 valence electrons. The first-order valence-electron chi connectivity index (χ1n) is 8.33. The molecule has 0 aromatic carbocycles. The van der Waals surface area contributed by atoms with Crippen LogP contribution in [0.15, 0.2) is 47.0 Å². The third-order valence-electron chi connectivity index (χ3n) is 4.03. The number of fused-ring (bicyclic) bond motifs is 2. The van der Waals surface area contributed by atoms with E-state index < -0.39 is 0 Å². The normalized spacial score (nSPS) is 11.3. The number of pyridine rings is 1. The topological polar surface area (TPSA) is 80.8 Å². The molecule has 0 saturated heterocycles. The van der Waals surface area contributed by atoms with E-state index in [2.05, 4.69) is 15.3 Å². The Bertz CT molecular complexity index is 1180. The lowest BCUT2D eigenvalue weighted by Gasteiger charge is -2.03. The van der Waals surface area contributed by atoms with E-state index >= 15 is 0 Å². The lowest BCUT2D eigenvalue weighted by Crippen LogP contribution is -2.24. The molecule has 4 heterocycles. The summed E-state index contributed by atoms with van der Waals surface area (Å²) in [6, 6.07) is 5.49. The van der Waals surface area contributed by atoms with Crippen LogP contribution in [0.4, 0.5) is 0 Å². The minimum Gasteiger partial charge on any atom is -0.350 e. The van der Waals surface area contributed by atoms with Crippen molar-refractivity contribution >= 4 is 39.6 Å². The van der Waals surface area contributed by atoms with E-state index in [0.29, 0.717) is 28.7 Å². The molecule has 0 saturated carbocycles. The summed E-state index contributed by atoms with van der Waals surface area (Å²) in [6.07, 6.45) is 5.57. The van der Waals surface area contributed by atoms with Gasteiger partial charge < -0.3 is 9.72 Å². The maximum Gasteiger partial charge on any atom is 0.258 e. The highest BCUT2D eigenvalue weighted by atomic mass is 32.2. The highest BCUT2D eigenvalue weighted by Gasteiger charge is 2.08. The van der Waals surface area contributed by atoms with Crippen LogP contribution in [-0.2, 0) is 17.1 Å². The summed E-state index contributed by atoms with van der Waals surface area (Å²) in [4.78, 5) is 33.7. The lowest BCUT2D eigenvalue weighted by atomic mass is 10.3. The van der Waals surface area contributed by atoms with Crippen molar-refractivity contribution in [2.24, 2.45) is 0 Å². The second-order valence-electron chi connectivity index (χ2n) is 6.07. The van der Waals surface area contributed by atoms with E-state index in [4.69, 9.17) is 0 Å². The molecule has 4 aromatic heterocycles. The second kappa shape index (κ2) is 7.53. The molecule has 7 nitrogen and oxygen atoms in total. The number of imidazole rings is 1. The Kier molecular flexibility index (Phi) is 4.95. The lowest BCUT2D eigenvalue weighted by molar-refractivity contribution is -0.118. The molecule has 1 amide bonds. The summed E-state index contributed by atoms with van der Waals surface area (Å²) in [5.41, 5.74) is 3.41. The Morgan fingerprint density at radius 3 is 3.04 bits per heavy atom. The Labute approximate surface area is 163 Å². The third-order valence-corrected chi connectivity index (χ3v) is 5.76. The van der Waals surface area contributed by atoms with Crippen molar-refractivity contribution in [3.8, 4) is 0 Å². The second-order valence-corrected chi connectivity index (χ2v) is 7.92. The van der Waals surface area contributed by atoms with Gasteiger partial charge in [-0.3, -0.25) is 14.0 Å². The van der Waals surface area contributed by atoms with Crippen molar-refractivity contribution in [2.75, 3.05) is 5.75 Å². The quantitative estimate of drug-likeness (QED) is 0.538. The predicted molar refractivity (Wildman–Crippen MR) is 107 cm³/mol. The number of carbonyl (C=O) groups is 1. The molecule has 0 spiro atoms. The van der Waals surface area contributed by atoms with Crippen molar-refractivity contribution < 1.29 is 4.79 Å². The minimum absolute atomic E-state index is 0.0669. The first kappa shape index (κ1) is 17.7. The molecule has 0 unspecified atom stereocenters. The molecule has 4 rings (SSSR count). The Morgan fingerprint density at radius 2 is 2.19 bits per heavy atom. The molecular formula is C18H17N5O2S2. The van der Waals surface area contributed by atoms with Crippen LogP contribution in [0.3, 0.4) is 0 Å². The van der Waals surface area contributed by atoms with Crippen LogP contribution in [0.5, 0.6) is 0 Å². The molecule has 0 atom stereocenters. The monoisotopic (exact) mass is 399 g/mol. The third kappa shape index (κ3) is 3.88. The van der Waals surface area contributed by atoms with Crippen LogP contribution in [0, 0.1) is 6.92 Å². The largest absolute Gasteiger partial charge is 0.350 e. The maximum absolute atomic E-state index is 12.1. The minimum atomic E-state index is -0.0940. The van der Waals surface area contributed by atoms with Crippen LogP contribution < -0.4 is 10.9 Å². The van der Waals surface area contributed by atoms with Gasteiger partial charge in [-0.25, -0.2) is 9.97 Å². The zero-order chi connectivity index (χ0) is 18.8. The fourth-order valence-electron chi connectivity index (χ4n) is 2.74. The van der Waals surface area contributed by atoms with Gasteiger partial charge in [-0.15, -0.1) is 23.1 Å². The first-order chi connectivity index (χ1) is 13.1. The molecule has 0 aliphatic rings. The Hall–Kier alpha value is -2.65. The summed E-state index contributed by atoms with van der Waals surface area (Å²) in [6.45, 7) is 2.40. The molecule has 4 aromatic rings. The number of nitrogens with zero attached hydrogens (tertiary/aromatic N) is 4. The van der Waals surface area contributed by atoms with E-state index in [1.54, 1.807) is 6.20 Å². The van der Waals surface area contributed by atoms with Crippen molar-refractivity contribution in [1.29, 1.82) is 0 Å². The fraction of sp³-hybridized carbons (Fsp3) is 0.222. The van der Waals surface area contributed by atoms with E-state index in [-0.39, 0.29) is 11.5 Å². The van der Waals surface area contributed by atoms with Gasteiger partial charge in [0.2, 0.25) is 5.91 Å². The first-order valence-corrected chi connectivity index (χ1v) is 10.4. The number of carbonyl (C=O) groups excluding carboxylic acids is 1. The van der Waals surface area contributed by atoms with Gasteiger partial charge in [0.1, 0.15) is 5.65 Å². The van der Waals surface area contributed by atoms with Gasteiger partial charge in [0, 0.05) is 35.8 Å². The highest BCUT2D eigenvalue weighted by Crippen LogP contribution is 2.13. The predicted octanol–water partition coefficient (Wildman–Crippen LogP) is 2.26. The van der Waals surface area contributed by atoms with Crippen molar-refractivity contribution in [2.45, 2.75) is 19.2 Å². The average molecular weight is 400 g/mol. The summed E-state index contributed by atoms with van der Waals surface area (Å²) < 4.78 is 3.47.